The van der Waals surface area contributed by atoms with Crippen LogP contribution in [0.25, 0.3) is 0 Å². The number of aryl methyl sites for hydroxylation is 1. The van der Waals surface area contributed by atoms with Crippen molar-refractivity contribution in [2.75, 3.05) is 12.8 Å². The SMILES string of the molecule is CNC1(C(N)=O)CCCC1CCSc1n[nH]c(C)n1. The molecule has 7 heteroatoms. The maximum absolute atomic E-state index is 11.7. The third kappa shape index (κ3) is 2.92. The fourth-order valence-corrected chi connectivity index (χ4v) is 3.82. The van der Waals surface area contributed by atoms with Gasteiger partial charge in [-0.25, -0.2) is 4.98 Å². The molecule has 1 heterocycles. The molecule has 4 N–H and O–H groups in total. The van der Waals surface area contributed by atoms with Crippen LogP contribution in [-0.2, 0) is 4.79 Å². The Bertz CT molecular complexity index is 449. The van der Waals surface area contributed by atoms with E-state index >= 15 is 0 Å². The van der Waals surface area contributed by atoms with Gasteiger partial charge < -0.3 is 11.1 Å². The summed E-state index contributed by atoms with van der Waals surface area (Å²) in [6, 6.07) is 0. The minimum atomic E-state index is -0.518. The molecule has 2 atom stereocenters. The number of aromatic nitrogens is 3. The number of primary amides is 1. The van der Waals surface area contributed by atoms with E-state index < -0.39 is 5.54 Å². The average molecular weight is 283 g/mol. The van der Waals surface area contributed by atoms with E-state index in [1.54, 1.807) is 11.8 Å². The van der Waals surface area contributed by atoms with Crippen LogP contribution < -0.4 is 11.1 Å². The Balaban J connectivity index is 1.89. The van der Waals surface area contributed by atoms with Crippen molar-refractivity contribution in [1.82, 2.24) is 20.5 Å². The summed E-state index contributed by atoms with van der Waals surface area (Å²) in [6.07, 6.45) is 3.90. The lowest BCUT2D eigenvalue weighted by Gasteiger charge is -2.32. The summed E-state index contributed by atoms with van der Waals surface area (Å²) in [5.41, 5.74) is 5.06. The van der Waals surface area contributed by atoms with Crippen LogP contribution in [0.4, 0.5) is 0 Å². The topological polar surface area (TPSA) is 96.7 Å². The Labute approximate surface area is 117 Å². The van der Waals surface area contributed by atoms with Gasteiger partial charge in [-0.3, -0.25) is 9.89 Å². The number of carbonyl (C=O) groups is 1. The smallest absolute Gasteiger partial charge is 0.238 e. The molecule has 1 aromatic heterocycles. The zero-order chi connectivity index (χ0) is 13.9. The molecule has 0 saturated heterocycles. The van der Waals surface area contributed by atoms with Gasteiger partial charge in [-0.1, -0.05) is 18.2 Å². The number of rotatable bonds is 6. The van der Waals surface area contributed by atoms with Gasteiger partial charge in [0, 0.05) is 5.75 Å². The van der Waals surface area contributed by atoms with Crippen LogP contribution in [0.15, 0.2) is 5.16 Å². The largest absolute Gasteiger partial charge is 0.368 e. The highest BCUT2D eigenvalue weighted by Gasteiger charge is 2.45. The minimum absolute atomic E-state index is 0.226. The number of nitrogens with one attached hydrogen (secondary N) is 2. The van der Waals surface area contributed by atoms with E-state index in [4.69, 9.17) is 5.73 Å². The molecule has 1 aliphatic carbocycles. The van der Waals surface area contributed by atoms with Crippen LogP contribution in [0.5, 0.6) is 0 Å². The Kier molecular flexibility index (Phi) is 4.46. The third-order valence-electron chi connectivity index (χ3n) is 3.98. The molecule has 0 radical (unpaired) electrons. The van der Waals surface area contributed by atoms with Gasteiger partial charge in [0.15, 0.2) is 0 Å². The van der Waals surface area contributed by atoms with Crippen LogP contribution in [0.2, 0.25) is 0 Å². The lowest BCUT2D eigenvalue weighted by molar-refractivity contribution is -0.125. The third-order valence-corrected chi connectivity index (χ3v) is 4.86. The van der Waals surface area contributed by atoms with Gasteiger partial charge in [0.2, 0.25) is 11.1 Å². The first kappa shape index (κ1) is 14.3. The highest BCUT2D eigenvalue weighted by Crippen LogP contribution is 2.38. The van der Waals surface area contributed by atoms with Crippen molar-refractivity contribution in [3.63, 3.8) is 0 Å². The summed E-state index contributed by atoms with van der Waals surface area (Å²) >= 11 is 1.62. The standard InChI is InChI=1S/C12H21N5OS/c1-8-15-11(17-16-8)19-7-5-9-4-3-6-12(9,14-2)10(13)18/h9,14H,3-7H2,1-2H3,(H2,13,18)(H,15,16,17). The molecule has 0 bridgehead atoms. The van der Waals surface area contributed by atoms with Crippen molar-refractivity contribution < 1.29 is 4.79 Å². The Morgan fingerprint density at radius 1 is 1.68 bits per heavy atom. The number of nitrogens with two attached hydrogens (primary N) is 1. The molecule has 1 saturated carbocycles. The molecule has 1 aliphatic rings. The number of likely N-dealkylation sites (N-methyl/N-ethyl adjacent to an activating group) is 1. The molecule has 0 aliphatic heterocycles. The first-order chi connectivity index (χ1) is 9.08. The molecular formula is C12H21N5OS. The summed E-state index contributed by atoms with van der Waals surface area (Å²) in [4.78, 5) is 16.0. The van der Waals surface area contributed by atoms with Crippen molar-refractivity contribution in [2.45, 2.75) is 43.3 Å². The predicted octanol–water partition coefficient (Wildman–Crippen LogP) is 0.839. The number of nitrogens with zero attached hydrogens (tertiary/aromatic N) is 2. The lowest BCUT2D eigenvalue weighted by Crippen LogP contribution is -2.56. The molecule has 0 aromatic carbocycles. The predicted molar refractivity (Wildman–Crippen MR) is 74.8 cm³/mol. The van der Waals surface area contributed by atoms with Gasteiger partial charge in [-0.05, 0) is 39.2 Å². The van der Waals surface area contributed by atoms with E-state index in [1.807, 2.05) is 14.0 Å². The number of hydrogen-bond donors (Lipinski definition) is 3. The molecule has 19 heavy (non-hydrogen) atoms. The zero-order valence-corrected chi connectivity index (χ0v) is 12.2. The Morgan fingerprint density at radius 2 is 2.47 bits per heavy atom. The maximum atomic E-state index is 11.7. The molecule has 1 fully saturated rings. The molecule has 106 valence electrons. The first-order valence-electron chi connectivity index (χ1n) is 6.59. The first-order valence-corrected chi connectivity index (χ1v) is 7.57. The molecule has 6 nitrogen and oxygen atoms in total. The average Bonchev–Trinajstić information content (AvgIpc) is 2.96. The number of aromatic amines is 1. The van der Waals surface area contributed by atoms with E-state index in [1.165, 1.54) is 0 Å². The molecular weight excluding hydrogens is 262 g/mol. The van der Waals surface area contributed by atoms with Gasteiger partial charge in [0.1, 0.15) is 11.4 Å². The van der Waals surface area contributed by atoms with Crippen molar-refractivity contribution in [2.24, 2.45) is 11.7 Å². The zero-order valence-electron chi connectivity index (χ0n) is 11.4. The molecule has 2 unspecified atom stereocenters. The lowest BCUT2D eigenvalue weighted by atomic mass is 9.84. The number of hydrogen-bond acceptors (Lipinski definition) is 5. The van der Waals surface area contributed by atoms with Crippen molar-refractivity contribution >= 4 is 17.7 Å². The molecule has 0 spiro atoms. The van der Waals surface area contributed by atoms with E-state index in [9.17, 15) is 4.79 Å². The van der Waals surface area contributed by atoms with Crippen LogP contribution in [0, 0.1) is 12.8 Å². The van der Waals surface area contributed by atoms with E-state index in [0.717, 1.165) is 42.4 Å². The van der Waals surface area contributed by atoms with Crippen LogP contribution >= 0.6 is 11.8 Å². The summed E-state index contributed by atoms with van der Waals surface area (Å²) in [7, 11) is 1.83. The quantitative estimate of drug-likeness (QED) is 0.672. The monoisotopic (exact) mass is 283 g/mol. The fourth-order valence-electron chi connectivity index (χ4n) is 2.92. The van der Waals surface area contributed by atoms with E-state index in [2.05, 4.69) is 20.5 Å². The summed E-state index contributed by atoms with van der Waals surface area (Å²) in [5.74, 6) is 1.81. The van der Waals surface area contributed by atoms with Gasteiger partial charge in [-0.2, -0.15) is 0 Å². The van der Waals surface area contributed by atoms with E-state index in [0.29, 0.717) is 5.92 Å². The van der Waals surface area contributed by atoms with Gasteiger partial charge >= 0.3 is 0 Å². The Hall–Kier alpha value is -1.08. The highest BCUT2D eigenvalue weighted by atomic mass is 32.2. The van der Waals surface area contributed by atoms with Gasteiger partial charge in [-0.15, -0.1) is 5.10 Å². The van der Waals surface area contributed by atoms with Crippen molar-refractivity contribution in [3.05, 3.63) is 5.82 Å². The second-order valence-electron chi connectivity index (χ2n) is 5.02. The number of carbonyl (C=O) groups excluding carboxylic acids is 1. The van der Waals surface area contributed by atoms with Crippen molar-refractivity contribution in [3.8, 4) is 0 Å². The molecule has 1 amide bonds. The second kappa shape index (κ2) is 5.92. The number of H-pyrrole nitrogens is 1. The fraction of sp³-hybridized carbons (Fsp3) is 0.750. The molecule has 1 aromatic rings. The Morgan fingerprint density at radius 3 is 3.05 bits per heavy atom. The van der Waals surface area contributed by atoms with Gasteiger partial charge in [0.05, 0.1) is 0 Å². The van der Waals surface area contributed by atoms with Crippen LogP contribution in [0.1, 0.15) is 31.5 Å². The maximum Gasteiger partial charge on any atom is 0.238 e. The number of amides is 1. The molecule has 2 rings (SSSR count). The minimum Gasteiger partial charge on any atom is -0.368 e. The highest BCUT2D eigenvalue weighted by molar-refractivity contribution is 7.99. The second-order valence-corrected chi connectivity index (χ2v) is 6.08. The van der Waals surface area contributed by atoms with Crippen molar-refractivity contribution in [1.29, 1.82) is 0 Å². The summed E-state index contributed by atoms with van der Waals surface area (Å²) in [6.45, 7) is 1.88. The summed E-state index contributed by atoms with van der Waals surface area (Å²) < 4.78 is 0. The van der Waals surface area contributed by atoms with Crippen LogP contribution in [-0.4, -0.2) is 39.4 Å². The van der Waals surface area contributed by atoms with Crippen LogP contribution in [0.3, 0.4) is 0 Å². The normalized spacial score (nSPS) is 26.7. The van der Waals surface area contributed by atoms with E-state index in [-0.39, 0.29) is 5.91 Å². The number of thioether (sulfide) groups is 1. The van der Waals surface area contributed by atoms with Gasteiger partial charge in [0.25, 0.3) is 0 Å². The summed E-state index contributed by atoms with van der Waals surface area (Å²) in [5, 5.41) is 10.8.